The quantitative estimate of drug-likeness (QED) is 0.708. The molecule has 0 aromatic carbocycles. The zero-order valence-electron chi connectivity index (χ0n) is 7.69. The number of aromatic amines is 1. The van der Waals surface area contributed by atoms with E-state index in [1.54, 1.807) is 0 Å². The Labute approximate surface area is 80.8 Å². The number of aromatic nitrogens is 2. The molecule has 1 atom stereocenters. The van der Waals surface area contributed by atoms with Crippen LogP contribution >= 0.6 is 0 Å². The highest BCUT2D eigenvalue weighted by molar-refractivity contribution is 5.07. The van der Waals surface area contributed by atoms with Crippen LogP contribution in [0.5, 0.6) is 5.88 Å². The van der Waals surface area contributed by atoms with Crippen molar-refractivity contribution < 1.29 is 9.84 Å². The average molecular weight is 196 g/mol. The Morgan fingerprint density at radius 1 is 1.71 bits per heavy atom. The lowest BCUT2D eigenvalue weighted by Crippen LogP contribution is -2.16. The van der Waals surface area contributed by atoms with E-state index in [0.29, 0.717) is 12.2 Å². The normalized spacial score (nSPS) is 21.3. The van der Waals surface area contributed by atoms with Crippen molar-refractivity contribution >= 4 is 0 Å². The van der Waals surface area contributed by atoms with Gasteiger partial charge in [0.05, 0.1) is 12.2 Å². The highest BCUT2D eigenvalue weighted by Crippen LogP contribution is 2.15. The lowest BCUT2D eigenvalue weighted by molar-refractivity contribution is 0.109. The number of nitrogens with one attached hydrogen (secondary N) is 1. The molecule has 0 aliphatic carbocycles. The van der Waals surface area contributed by atoms with Gasteiger partial charge in [0.2, 0.25) is 5.88 Å². The van der Waals surface area contributed by atoms with Crippen LogP contribution in [-0.4, -0.2) is 27.8 Å². The molecule has 0 saturated carbocycles. The molecule has 1 aromatic heterocycles. The standard InChI is InChI=1S/C9H12N2O3/c12-8-5-9(13)11-7(10-8)4-6-2-1-3-14-6/h5-6H,1-4H2,(H2,10,11,12,13). The van der Waals surface area contributed by atoms with E-state index < -0.39 is 0 Å². The van der Waals surface area contributed by atoms with Crippen molar-refractivity contribution in [2.75, 3.05) is 6.61 Å². The van der Waals surface area contributed by atoms with Gasteiger partial charge in [-0.05, 0) is 12.8 Å². The second-order valence-electron chi connectivity index (χ2n) is 3.39. The summed E-state index contributed by atoms with van der Waals surface area (Å²) >= 11 is 0. The van der Waals surface area contributed by atoms with Crippen LogP contribution < -0.4 is 5.56 Å². The zero-order valence-corrected chi connectivity index (χ0v) is 7.69. The summed E-state index contributed by atoms with van der Waals surface area (Å²) in [5.41, 5.74) is -0.328. The fourth-order valence-electron chi connectivity index (χ4n) is 1.61. The van der Waals surface area contributed by atoms with E-state index in [9.17, 15) is 4.79 Å². The second-order valence-corrected chi connectivity index (χ2v) is 3.39. The fourth-order valence-corrected chi connectivity index (χ4v) is 1.61. The minimum absolute atomic E-state index is 0.125. The molecule has 5 heteroatoms. The lowest BCUT2D eigenvalue weighted by atomic mass is 10.2. The van der Waals surface area contributed by atoms with Gasteiger partial charge >= 0.3 is 0 Å². The van der Waals surface area contributed by atoms with Crippen LogP contribution in [0.25, 0.3) is 0 Å². The molecule has 1 saturated heterocycles. The van der Waals surface area contributed by atoms with Crippen LogP contribution in [0.3, 0.4) is 0 Å². The summed E-state index contributed by atoms with van der Waals surface area (Å²) in [6.45, 7) is 0.772. The van der Waals surface area contributed by atoms with E-state index in [-0.39, 0.29) is 17.5 Å². The number of hydrogen-bond donors (Lipinski definition) is 2. The Morgan fingerprint density at radius 2 is 2.57 bits per heavy atom. The summed E-state index contributed by atoms with van der Waals surface area (Å²) in [4.78, 5) is 17.4. The number of ether oxygens (including phenoxy) is 1. The lowest BCUT2D eigenvalue weighted by Gasteiger charge is -2.07. The Morgan fingerprint density at radius 3 is 3.21 bits per heavy atom. The van der Waals surface area contributed by atoms with Crippen LogP contribution in [-0.2, 0) is 11.2 Å². The number of hydrogen-bond acceptors (Lipinski definition) is 4. The van der Waals surface area contributed by atoms with Gasteiger partial charge in [0.15, 0.2) is 0 Å². The van der Waals surface area contributed by atoms with Gasteiger partial charge in [0, 0.05) is 13.0 Å². The monoisotopic (exact) mass is 196 g/mol. The van der Waals surface area contributed by atoms with Crippen molar-refractivity contribution in [3.8, 4) is 5.88 Å². The molecular weight excluding hydrogens is 184 g/mol. The van der Waals surface area contributed by atoms with Crippen LogP contribution in [0.2, 0.25) is 0 Å². The maximum Gasteiger partial charge on any atom is 0.254 e. The molecule has 1 unspecified atom stereocenters. The van der Waals surface area contributed by atoms with E-state index in [4.69, 9.17) is 9.84 Å². The molecule has 2 N–H and O–H groups in total. The minimum Gasteiger partial charge on any atom is -0.493 e. The van der Waals surface area contributed by atoms with Gasteiger partial charge in [-0.3, -0.25) is 4.79 Å². The molecule has 76 valence electrons. The third-order valence-corrected chi connectivity index (χ3v) is 2.22. The van der Waals surface area contributed by atoms with Gasteiger partial charge < -0.3 is 14.8 Å². The molecule has 2 heterocycles. The minimum atomic E-state index is -0.328. The number of rotatable bonds is 2. The fraction of sp³-hybridized carbons (Fsp3) is 0.556. The third kappa shape index (κ3) is 2.11. The van der Waals surface area contributed by atoms with E-state index >= 15 is 0 Å². The van der Waals surface area contributed by atoms with E-state index in [2.05, 4.69) is 9.97 Å². The van der Waals surface area contributed by atoms with Crippen molar-refractivity contribution in [1.29, 1.82) is 0 Å². The first-order valence-corrected chi connectivity index (χ1v) is 4.65. The first kappa shape index (κ1) is 9.21. The molecule has 2 rings (SSSR count). The smallest absolute Gasteiger partial charge is 0.254 e. The highest BCUT2D eigenvalue weighted by atomic mass is 16.5. The molecule has 0 radical (unpaired) electrons. The SMILES string of the molecule is O=c1cc(O)nc(CC2CCCO2)[nH]1. The second kappa shape index (κ2) is 3.79. The van der Waals surface area contributed by atoms with Gasteiger partial charge in [0.25, 0.3) is 5.56 Å². The molecular formula is C9H12N2O3. The van der Waals surface area contributed by atoms with Crippen LogP contribution in [0.4, 0.5) is 0 Å². The molecule has 0 bridgehead atoms. The Balaban J connectivity index is 2.11. The van der Waals surface area contributed by atoms with Crippen LogP contribution in [0.15, 0.2) is 10.9 Å². The molecule has 0 amide bonds. The predicted molar refractivity (Wildman–Crippen MR) is 49.2 cm³/mol. The first-order chi connectivity index (χ1) is 6.74. The summed E-state index contributed by atoms with van der Waals surface area (Å²) in [7, 11) is 0. The highest BCUT2D eigenvalue weighted by Gasteiger charge is 2.17. The summed E-state index contributed by atoms with van der Waals surface area (Å²) in [6, 6.07) is 1.05. The van der Waals surface area contributed by atoms with Gasteiger partial charge in [-0.15, -0.1) is 0 Å². The van der Waals surface area contributed by atoms with Gasteiger partial charge in [0.1, 0.15) is 5.82 Å². The average Bonchev–Trinajstić information content (AvgIpc) is 2.54. The summed E-state index contributed by atoms with van der Waals surface area (Å²) in [5, 5.41) is 9.10. The van der Waals surface area contributed by atoms with Gasteiger partial charge in [-0.2, -0.15) is 0 Å². The molecule has 5 nitrogen and oxygen atoms in total. The van der Waals surface area contributed by atoms with E-state index in [1.807, 2.05) is 0 Å². The first-order valence-electron chi connectivity index (χ1n) is 4.65. The Bertz CT molecular complexity index is 369. The van der Waals surface area contributed by atoms with Crippen molar-refractivity contribution in [3.05, 3.63) is 22.2 Å². The number of nitrogens with zero attached hydrogens (tertiary/aromatic N) is 1. The maximum atomic E-state index is 11.0. The maximum absolute atomic E-state index is 11.0. The summed E-state index contributed by atoms with van der Waals surface area (Å²) in [6.07, 6.45) is 2.72. The Hall–Kier alpha value is -1.36. The largest absolute Gasteiger partial charge is 0.493 e. The van der Waals surface area contributed by atoms with Crippen molar-refractivity contribution in [2.45, 2.75) is 25.4 Å². The van der Waals surface area contributed by atoms with Crippen molar-refractivity contribution in [1.82, 2.24) is 9.97 Å². The Kier molecular flexibility index (Phi) is 2.49. The van der Waals surface area contributed by atoms with Crippen LogP contribution in [0.1, 0.15) is 18.7 Å². The summed E-state index contributed by atoms with van der Waals surface area (Å²) in [5.74, 6) is 0.253. The molecule has 1 aliphatic rings. The summed E-state index contributed by atoms with van der Waals surface area (Å²) < 4.78 is 5.39. The van der Waals surface area contributed by atoms with E-state index in [0.717, 1.165) is 25.5 Å². The third-order valence-electron chi connectivity index (χ3n) is 2.22. The molecule has 14 heavy (non-hydrogen) atoms. The van der Waals surface area contributed by atoms with Crippen LogP contribution in [0, 0.1) is 0 Å². The van der Waals surface area contributed by atoms with Crippen molar-refractivity contribution in [2.24, 2.45) is 0 Å². The van der Waals surface area contributed by atoms with Crippen molar-refractivity contribution in [3.63, 3.8) is 0 Å². The molecule has 1 fully saturated rings. The molecule has 0 spiro atoms. The molecule has 1 aromatic rings. The topological polar surface area (TPSA) is 75.2 Å². The number of H-pyrrole nitrogens is 1. The van der Waals surface area contributed by atoms with Gasteiger partial charge in [-0.25, -0.2) is 4.98 Å². The zero-order chi connectivity index (χ0) is 9.97. The number of aromatic hydroxyl groups is 1. The van der Waals surface area contributed by atoms with Gasteiger partial charge in [-0.1, -0.05) is 0 Å². The molecule has 1 aliphatic heterocycles. The van der Waals surface area contributed by atoms with E-state index in [1.165, 1.54) is 0 Å². The predicted octanol–water partition coefficient (Wildman–Crippen LogP) is 0.197.